The second-order valence-electron chi connectivity index (χ2n) is 4.73. The van der Waals surface area contributed by atoms with E-state index in [1.807, 2.05) is 54.6 Å². The number of rotatable bonds is 4. The number of nitrogens with one attached hydrogen (secondary N) is 1. The number of halogens is 1. The van der Waals surface area contributed by atoms with E-state index >= 15 is 0 Å². The zero-order valence-corrected chi connectivity index (χ0v) is 12.1. The summed E-state index contributed by atoms with van der Waals surface area (Å²) < 4.78 is 0. The van der Waals surface area contributed by atoms with Gasteiger partial charge in [-0.2, -0.15) is 0 Å². The van der Waals surface area contributed by atoms with Crippen LogP contribution < -0.4 is 5.32 Å². The number of hydrogen-bond acceptors (Lipinski definition) is 3. The summed E-state index contributed by atoms with van der Waals surface area (Å²) >= 11 is 5.93. The minimum Gasteiger partial charge on any atom is -0.395 e. The van der Waals surface area contributed by atoms with E-state index in [4.69, 9.17) is 21.7 Å². The van der Waals surface area contributed by atoms with Gasteiger partial charge in [-0.05, 0) is 24.3 Å². The summed E-state index contributed by atoms with van der Waals surface area (Å²) in [4.78, 5) is 4.70. The maximum Gasteiger partial charge on any atom is 0.0730 e. The van der Waals surface area contributed by atoms with Crippen molar-refractivity contribution >= 4 is 28.2 Å². The minimum absolute atomic E-state index is 0.0902. The van der Waals surface area contributed by atoms with E-state index in [2.05, 4.69) is 5.32 Å². The number of nitrogens with zero attached hydrogens (tertiary/aromatic N) is 1. The molecule has 0 bridgehead atoms. The average Bonchev–Trinajstić information content (AvgIpc) is 2.53. The summed E-state index contributed by atoms with van der Waals surface area (Å²) in [7, 11) is 0. The molecule has 21 heavy (non-hydrogen) atoms. The number of para-hydroxylation sites is 1. The highest BCUT2D eigenvalue weighted by atomic mass is 35.5. The minimum atomic E-state index is 0.0902. The lowest BCUT2D eigenvalue weighted by Gasteiger charge is -2.11. The SMILES string of the molecule is OCCNc1cc(-c2ccc(Cl)cc2)nc2ccccc12. The first-order valence-corrected chi connectivity index (χ1v) is 7.16. The van der Waals surface area contributed by atoms with Crippen molar-refractivity contribution in [3.05, 3.63) is 59.6 Å². The lowest BCUT2D eigenvalue weighted by molar-refractivity contribution is 0.311. The molecule has 106 valence electrons. The number of aliphatic hydroxyl groups is 1. The van der Waals surface area contributed by atoms with E-state index in [0.29, 0.717) is 11.6 Å². The van der Waals surface area contributed by atoms with Crippen molar-refractivity contribution in [2.45, 2.75) is 0 Å². The van der Waals surface area contributed by atoms with Gasteiger partial charge in [-0.15, -0.1) is 0 Å². The van der Waals surface area contributed by atoms with Gasteiger partial charge in [0, 0.05) is 28.2 Å². The van der Waals surface area contributed by atoms with Crippen LogP contribution in [0.2, 0.25) is 5.02 Å². The molecular formula is C17H15ClN2O. The van der Waals surface area contributed by atoms with Gasteiger partial charge in [0.25, 0.3) is 0 Å². The highest BCUT2D eigenvalue weighted by Crippen LogP contribution is 2.28. The molecule has 0 aliphatic rings. The summed E-state index contributed by atoms with van der Waals surface area (Å²) in [6.45, 7) is 0.598. The molecule has 0 fully saturated rings. The molecule has 0 unspecified atom stereocenters. The molecule has 0 saturated heterocycles. The molecule has 3 rings (SSSR count). The molecule has 2 N–H and O–H groups in total. The van der Waals surface area contributed by atoms with Gasteiger partial charge in [0.1, 0.15) is 0 Å². The van der Waals surface area contributed by atoms with Crippen molar-refractivity contribution in [3.8, 4) is 11.3 Å². The summed E-state index contributed by atoms with van der Waals surface area (Å²) in [6.07, 6.45) is 0. The van der Waals surface area contributed by atoms with E-state index in [0.717, 1.165) is 27.8 Å². The first-order valence-electron chi connectivity index (χ1n) is 6.78. The average molecular weight is 299 g/mol. The summed E-state index contributed by atoms with van der Waals surface area (Å²) in [5.41, 5.74) is 3.79. The van der Waals surface area contributed by atoms with Crippen LogP contribution in [-0.4, -0.2) is 23.2 Å². The summed E-state index contributed by atoms with van der Waals surface area (Å²) in [6, 6.07) is 17.6. The first-order chi connectivity index (χ1) is 10.3. The van der Waals surface area contributed by atoms with Gasteiger partial charge >= 0.3 is 0 Å². The first kappa shape index (κ1) is 13.9. The predicted octanol–water partition coefficient (Wildman–Crippen LogP) is 3.96. The van der Waals surface area contributed by atoms with Crippen LogP contribution in [0, 0.1) is 0 Å². The molecule has 0 radical (unpaired) electrons. The topological polar surface area (TPSA) is 45.1 Å². The van der Waals surface area contributed by atoms with Crippen LogP contribution in [0.25, 0.3) is 22.2 Å². The molecule has 4 heteroatoms. The van der Waals surface area contributed by atoms with Gasteiger partial charge in [-0.3, -0.25) is 0 Å². The van der Waals surface area contributed by atoms with Crippen LogP contribution in [0.4, 0.5) is 5.69 Å². The van der Waals surface area contributed by atoms with Crippen molar-refractivity contribution in [1.29, 1.82) is 0 Å². The second kappa shape index (κ2) is 6.12. The normalized spacial score (nSPS) is 10.8. The van der Waals surface area contributed by atoms with Crippen LogP contribution in [0.15, 0.2) is 54.6 Å². The fourth-order valence-corrected chi connectivity index (χ4v) is 2.41. The Morgan fingerprint density at radius 3 is 2.57 bits per heavy atom. The van der Waals surface area contributed by atoms with E-state index in [1.54, 1.807) is 0 Å². The fraction of sp³-hybridized carbons (Fsp3) is 0.118. The number of aromatic nitrogens is 1. The number of benzene rings is 2. The monoisotopic (exact) mass is 298 g/mol. The highest BCUT2D eigenvalue weighted by molar-refractivity contribution is 6.30. The third-order valence-electron chi connectivity index (χ3n) is 3.28. The molecule has 0 spiro atoms. The van der Waals surface area contributed by atoms with Crippen molar-refractivity contribution in [2.75, 3.05) is 18.5 Å². The lowest BCUT2D eigenvalue weighted by Crippen LogP contribution is -2.06. The fourth-order valence-electron chi connectivity index (χ4n) is 2.28. The van der Waals surface area contributed by atoms with Crippen molar-refractivity contribution < 1.29 is 5.11 Å². The predicted molar refractivity (Wildman–Crippen MR) is 87.8 cm³/mol. The summed E-state index contributed by atoms with van der Waals surface area (Å²) in [5, 5.41) is 14.0. The smallest absolute Gasteiger partial charge is 0.0730 e. The van der Waals surface area contributed by atoms with E-state index in [-0.39, 0.29) is 6.61 Å². The highest BCUT2D eigenvalue weighted by Gasteiger charge is 2.07. The second-order valence-corrected chi connectivity index (χ2v) is 5.17. The molecule has 0 atom stereocenters. The Labute approximate surface area is 128 Å². The van der Waals surface area contributed by atoms with E-state index in [9.17, 15) is 0 Å². The Balaban J connectivity index is 2.12. The zero-order chi connectivity index (χ0) is 14.7. The molecule has 0 aliphatic carbocycles. The van der Waals surface area contributed by atoms with Gasteiger partial charge in [0.15, 0.2) is 0 Å². The molecular weight excluding hydrogens is 284 g/mol. The molecule has 2 aromatic carbocycles. The molecule has 3 aromatic rings. The van der Waals surface area contributed by atoms with Gasteiger partial charge in [-0.25, -0.2) is 4.98 Å². The Morgan fingerprint density at radius 2 is 1.81 bits per heavy atom. The molecule has 1 heterocycles. The molecule has 1 aromatic heterocycles. The maximum absolute atomic E-state index is 9.02. The van der Waals surface area contributed by atoms with E-state index < -0.39 is 0 Å². The van der Waals surface area contributed by atoms with Gasteiger partial charge < -0.3 is 10.4 Å². The summed E-state index contributed by atoms with van der Waals surface area (Å²) in [5.74, 6) is 0. The zero-order valence-electron chi connectivity index (χ0n) is 11.4. The Hall–Kier alpha value is -2.10. The van der Waals surface area contributed by atoms with Crippen molar-refractivity contribution in [2.24, 2.45) is 0 Å². The number of anilines is 1. The number of pyridine rings is 1. The third-order valence-corrected chi connectivity index (χ3v) is 3.54. The van der Waals surface area contributed by atoms with Gasteiger partial charge in [0.2, 0.25) is 0 Å². The molecule has 0 aliphatic heterocycles. The third kappa shape index (κ3) is 2.99. The Kier molecular flexibility index (Phi) is 4.04. The Bertz CT molecular complexity index is 756. The lowest BCUT2D eigenvalue weighted by atomic mass is 10.1. The standard InChI is InChI=1S/C17H15ClN2O/c18-13-7-5-12(6-8-13)16-11-17(19-9-10-21)14-3-1-2-4-15(14)20-16/h1-8,11,21H,9-10H2,(H,19,20). The van der Waals surface area contributed by atoms with Gasteiger partial charge in [-0.1, -0.05) is 41.9 Å². The molecule has 0 saturated carbocycles. The number of aliphatic hydroxyl groups excluding tert-OH is 1. The quantitative estimate of drug-likeness (QED) is 0.766. The van der Waals surface area contributed by atoms with Crippen LogP contribution in [-0.2, 0) is 0 Å². The van der Waals surface area contributed by atoms with Crippen LogP contribution in [0.5, 0.6) is 0 Å². The van der Waals surface area contributed by atoms with Crippen LogP contribution in [0.3, 0.4) is 0 Å². The maximum atomic E-state index is 9.02. The van der Waals surface area contributed by atoms with E-state index in [1.165, 1.54) is 0 Å². The largest absolute Gasteiger partial charge is 0.395 e. The van der Waals surface area contributed by atoms with Crippen molar-refractivity contribution in [3.63, 3.8) is 0 Å². The molecule has 0 amide bonds. The Morgan fingerprint density at radius 1 is 1.05 bits per heavy atom. The van der Waals surface area contributed by atoms with Gasteiger partial charge in [0.05, 0.1) is 17.8 Å². The van der Waals surface area contributed by atoms with Crippen molar-refractivity contribution in [1.82, 2.24) is 4.98 Å². The van der Waals surface area contributed by atoms with Crippen LogP contribution in [0.1, 0.15) is 0 Å². The number of hydrogen-bond donors (Lipinski definition) is 2. The number of fused-ring (bicyclic) bond motifs is 1. The molecule has 3 nitrogen and oxygen atoms in total. The van der Waals surface area contributed by atoms with Crippen LogP contribution >= 0.6 is 11.6 Å².